The Morgan fingerprint density at radius 2 is 1.82 bits per heavy atom. The normalized spacial score (nSPS) is 22.5. The van der Waals surface area contributed by atoms with E-state index in [9.17, 15) is 9.59 Å². The van der Waals surface area contributed by atoms with Crippen LogP contribution in [0.25, 0.3) is 0 Å². The lowest BCUT2D eigenvalue weighted by atomic mass is 9.90. The third-order valence-corrected chi connectivity index (χ3v) is 3.98. The van der Waals surface area contributed by atoms with Gasteiger partial charge in [0, 0.05) is 12.3 Å². The van der Waals surface area contributed by atoms with E-state index in [2.05, 4.69) is 12.2 Å². The third-order valence-electron chi connectivity index (χ3n) is 3.10. The number of carbonyl (C=O) groups is 2. The number of piperazine rings is 1. The topological polar surface area (TPSA) is 49.4 Å². The van der Waals surface area contributed by atoms with Gasteiger partial charge in [-0.1, -0.05) is 6.92 Å². The average molecular weight is 258 g/mol. The molecule has 17 heavy (non-hydrogen) atoms. The first-order valence-corrected chi connectivity index (χ1v) is 7.11. The van der Waals surface area contributed by atoms with Crippen LogP contribution in [-0.4, -0.2) is 45.8 Å². The molecule has 1 aliphatic heterocycles. The molecule has 0 radical (unpaired) electrons. The number of nitrogens with one attached hydrogen (secondary N) is 1. The van der Waals surface area contributed by atoms with Crippen molar-refractivity contribution in [2.45, 2.75) is 45.7 Å². The maximum atomic E-state index is 12.3. The monoisotopic (exact) mass is 258 g/mol. The number of hydrogen-bond donors (Lipinski definition) is 1. The fourth-order valence-electron chi connectivity index (χ4n) is 1.89. The third kappa shape index (κ3) is 2.76. The highest BCUT2D eigenvalue weighted by Crippen LogP contribution is 2.26. The highest BCUT2D eigenvalue weighted by molar-refractivity contribution is 7.99. The summed E-state index contributed by atoms with van der Waals surface area (Å²) in [5.74, 6) is 1.81. The lowest BCUT2D eigenvalue weighted by Crippen LogP contribution is -2.72. The number of nitrogens with zero attached hydrogens (tertiary/aromatic N) is 1. The van der Waals surface area contributed by atoms with Gasteiger partial charge in [-0.3, -0.25) is 9.59 Å². The first-order chi connectivity index (χ1) is 7.73. The minimum atomic E-state index is -0.788. The van der Waals surface area contributed by atoms with Crippen molar-refractivity contribution in [1.29, 1.82) is 0 Å². The number of amides is 2. The Balaban J connectivity index is 2.87. The molecule has 4 nitrogen and oxygen atoms in total. The number of thioether (sulfide) groups is 1. The molecule has 1 fully saturated rings. The molecule has 0 bridgehead atoms. The molecule has 1 heterocycles. The van der Waals surface area contributed by atoms with E-state index in [4.69, 9.17) is 0 Å². The van der Waals surface area contributed by atoms with Gasteiger partial charge in [-0.2, -0.15) is 11.8 Å². The predicted molar refractivity (Wildman–Crippen MR) is 71.0 cm³/mol. The molecule has 1 saturated heterocycles. The van der Waals surface area contributed by atoms with Crippen LogP contribution in [0.15, 0.2) is 0 Å². The Morgan fingerprint density at radius 1 is 1.24 bits per heavy atom. The zero-order valence-corrected chi connectivity index (χ0v) is 12.1. The highest BCUT2D eigenvalue weighted by Gasteiger charge is 2.49. The Hall–Kier alpha value is -0.710. The van der Waals surface area contributed by atoms with Crippen LogP contribution in [0.3, 0.4) is 0 Å². The van der Waals surface area contributed by atoms with Gasteiger partial charge in [0.25, 0.3) is 0 Å². The zero-order valence-electron chi connectivity index (χ0n) is 11.3. The summed E-state index contributed by atoms with van der Waals surface area (Å²) in [5, 5.41) is 2.78. The molecule has 1 rings (SSSR count). The molecule has 0 aromatic carbocycles. The second-order valence-electron chi connectivity index (χ2n) is 5.29. The van der Waals surface area contributed by atoms with Crippen LogP contribution in [-0.2, 0) is 9.59 Å². The molecule has 0 aliphatic carbocycles. The van der Waals surface area contributed by atoms with E-state index in [1.165, 1.54) is 0 Å². The quantitative estimate of drug-likeness (QED) is 0.772. The van der Waals surface area contributed by atoms with Crippen molar-refractivity contribution >= 4 is 23.6 Å². The van der Waals surface area contributed by atoms with E-state index in [-0.39, 0.29) is 11.8 Å². The smallest absolute Gasteiger partial charge is 0.248 e. The molecule has 0 unspecified atom stereocenters. The van der Waals surface area contributed by atoms with Gasteiger partial charge in [-0.25, -0.2) is 0 Å². The van der Waals surface area contributed by atoms with Crippen LogP contribution in [0.5, 0.6) is 0 Å². The molecule has 0 aromatic heterocycles. The van der Waals surface area contributed by atoms with Crippen molar-refractivity contribution in [2.75, 3.05) is 18.1 Å². The van der Waals surface area contributed by atoms with E-state index in [0.29, 0.717) is 6.54 Å². The first kappa shape index (κ1) is 14.4. The molecule has 98 valence electrons. The molecule has 0 aromatic rings. The summed E-state index contributed by atoms with van der Waals surface area (Å²) < 4.78 is 0. The molecule has 0 saturated carbocycles. The van der Waals surface area contributed by atoms with Gasteiger partial charge in [-0.05, 0) is 33.4 Å². The molecular weight excluding hydrogens is 236 g/mol. The van der Waals surface area contributed by atoms with Crippen molar-refractivity contribution in [3.8, 4) is 0 Å². The first-order valence-electron chi connectivity index (χ1n) is 5.96. The fraction of sp³-hybridized carbons (Fsp3) is 0.833. The van der Waals surface area contributed by atoms with Crippen LogP contribution in [0.1, 0.15) is 34.6 Å². The van der Waals surface area contributed by atoms with Gasteiger partial charge >= 0.3 is 0 Å². The standard InChI is InChI=1S/C12H22N2O2S/c1-6-17-8-7-14-10(16)11(2,3)13-9(15)12(14,4)5/h6-8H2,1-5H3,(H,13,15). The molecule has 0 spiro atoms. The van der Waals surface area contributed by atoms with Crippen molar-refractivity contribution in [3.05, 3.63) is 0 Å². The van der Waals surface area contributed by atoms with Crippen molar-refractivity contribution in [3.63, 3.8) is 0 Å². The van der Waals surface area contributed by atoms with Crippen LogP contribution < -0.4 is 5.32 Å². The van der Waals surface area contributed by atoms with Crippen LogP contribution >= 0.6 is 11.8 Å². The summed E-state index contributed by atoms with van der Waals surface area (Å²) in [6.45, 7) is 9.81. The Bertz CT molecular complexity index is 326. The van der Waals surface area contributed by atoms with Crippen molar-refractivity contribution in [1.82, 2.24) is 10.2 Å². The Labute approximate surface area is 108 Å². The van der Waals surface area contributed by atoms with Gasteiger partial charge in [0.15, 0.2) is 0 Å². The minimum Gasteiger partial charge on any atom is -0.340 e. The SMILES string of the molecule is CCSCCN1C(=O)C(C)(C)NC(=O)C1(C)C. The van der Waals surface area contributed by atoms with Gasteiger partial charge in [-0.15, -0.1) is 0 Å². The summed E-state index contributed by atoms with van der Waals surface area (Å²) in [7, 11) is 0. The second kappa shape index (κ2) is 4.88. The summed E-state index contributed by atoms with van der Waals surface area (Å²) in [4.78, 5) is 26.0. The maximum Gasteiger partial charge on any atom is 0.248 e. The number of hydrogen-bond acceptors (Lipinski definition) is 3. The number of rotatable bonds is 4. The fourth-order valence-corrected chi connectivity index (χ4v) is 2.49. The van der Waals surface area contributed by atoms with Gasteiger partial charge in [0.2, 0.25) is 11.8 Å². The van der Waals surface area contributed by atoms with E-state index in [1.54, 1.807) is 44.4 Å². The lowest BCUT2D eigenvalue weighted by molar-refractivity contribution is -0.159. The Morgan fingerprint density at radius 3 is 2.35 bits per heavy atom. The summed E-state index contributed by atoms with van der Waals surface area (Å²) in [6.07, 6.45) is 0. The molecular formula is C12H22N2O2S. The van der Waals surface area contributed by atoms with Gasteiger partial charge < -0.3 is 10.2 Å². The Kier molecular flexibility index (Phi) is 4.12. The van der Waals surface area contributed by atoms with Gasteiger partial charge in [0.05, 0.1) is 0 Å². The van der Waals surface area contributed by atoms with E-state index in [1.807, 2.05) is 0 Å². The molecule has 1 N–H and O–H groups in total. The van der Waals surface area contributed by atoms with Crippen LogP contribution in [0, 0.1) is 0 Å². The molecule has 5 heteroatoms. The molecule has 0 atom stereocenters. The summed E-state index contributed by atoms with van der Waals surface area (Å²) >= 11 is 1.78. The minimum absolute atomic E-state index is 0.00111. The van der Waals surface area contributed by atoms with E-state index < -0.39 is 11.1 Å². The van der Waals surface area contributed by atoms with Crippen molar-refractivity contribution < 1.29 is 9.59 Å². The summed E-state index contributed by atoms with van der Waals surface area (Å²) in [5.41, 5.74) is -1.54. The van der Waals surface area contributed by atoms with E-state index in [0.717, 1.165) is 11.5 Å². The maximum absolute atomic E-state index is 12.3. The average Bonchev–Trinajstić information content (AvgIpc) is 2.21. The second-order valence-corrected chi connectivity index (χ2v) is 6.69. The van der Waals surface area contributed by atoms with Gasteiger partial charge in [0.1, 0.15) is 11.1 Å². The molecule has 1 aliphatic rings. The zero-order chi connectivity index (χ0) is 13.3. The van der Waals surface area contributed by atoms with Crippen LogP contribution in [0.2, 0.25) is 0 Å². The number of carbonyl (C=O) groups excluding carboxylic acids is 2. The predicted octanol–water partition coefficient (Wildman–Crippen LogP) is 1.26. The van der Waals surface area contributed by atoms with E-state index >= 15 is 0 Å². The lowest BCUT2D eigenvalue weighted by Gasteiger charge is -2.47. The largest absolute Gasteiger partial charge is 0.340 e. The molecule has 2 amide bonds. The van der Waals surface area contributed by atoms with Crippen molar-refractivity contribution in [2.24, 2.45) is 0 Å². The summed E-state index contributed by atoms with van der Waals surface area (Å²) in [6, 6.07) is 0. The highest BCUT2D eigenvalue weighted by atomic mass is 32.2. The van der Waals surface area contributed by atoms with Crippen LogP contribution in [0.4, 0.5) is 0 Å².